The maximum absolute atomic E-state index is 14.3. The van der Waals surface area contributed by atoms with Gasteiger partial charge in [0, 0.05) is 124 Å². The lowest BCUT2D eigenvalue weighted by Crippen LogP contribution is -2.63. The first-order chi connectivity index (χ1) is 54.3. The standard InChI is InChI=1S/C81H88N6O24S3/c1-46(88)101-45-70-74(104-47(2)89)75(105-48(3)90)76(106-49(4)91)80(108-70)107-64-19-16-54(77(93)82-22-24-100-23-12-13-73(92)109-81(5,6)7)30-69(64)111-114(96,97)110-59-17-14-50(15-18-59)41-87(8,9)42-51-27-52(43-102-67-35-62-60(33-65(67)98-10)78(94)85-39-55-20-25-112-71(55)31-57(85)37-83-62)29-53(28-51)44-103-68-36-63-61(34-66(68)99-11)79(95)86-40-56-21-26-113-72(56)32-58(86)38-84-63/h14-21,25-30,33-38,57-58,70,74-76,80H,12-13,22-24,31-32,39-45H2,1-11H3/p+1/t57-,58-,70+,74-,75-,76+,80?/m0/s1. The zero-order valence-electron chi connectivity index (χ0n) is 64.7. The van der Waals surface area contributed by atoms with Crippen LogP contribution in [0.25, 0.3) is 0 Å². The number of carbonyl (C=O) groups excluding carboxylic acids is 8. The summed E-state index contributed by atoms with van der Waals surface area (Å²) in [6, 6.07) is 26.1. The summed E-state index contributed by atoms with van der Waals surface area (Å²) in [6.45, 7) is 10.9. The van der Waals surface area contributed by atoms with Gasteiger partial charge in [-0.2, -0.15) is 0 Å². The van der Waals surface area contributed by atoms with Crippen LogP contribution in [-0.2, 0) is 120 Å². The highest BCUT2D eigenvalue weighted by Crippen LogP contribution is 2.43. The number of hydrogen-bond acceptors (Lipinski definition) is 28. The number of carbonyl (C=O) groups is 8. The van der Waals surface area contributed by atoms with Crippen molar-refractivity contribution < 1.29 is 116 Å². The van der Waals surface area contributed by atoms with Gasteiger partial charge in [-0.3, -0.25) is 48.3 Å². The van der Waals surface area contributed by atoms with E-state index in [4.69, 9.17) is 75.2 Å². The zero-order chi connectivity index (χ0) is 81.3. The first-order valence-corrected chi connectivity index (χ1v) is 39.8. The quantitative estimate of drug-likeness (QED) is 0.0183. The number of fused-ring (bicyclic) bond motifs is 6. The first kappa shape index (κ1) is 82.5. The monoisotopic (exact) mass is 1630 g/mol. The maximum atomic E-state index is 14.3. The van der Waals surface area contributed by atoms with Crippen LogP contribution >= 0.6 is 22.7 Å². The molecule has 0 spiro atoms. The van der Waals surface area contributed by atoms with Gasteiger partial charge in [0.25, 0.3) is 17.7 Å². The van der Waals surface area contributed by atoms with E-state index in [0.29, 0.717) is 95.4 Å². The number of nitrogens with one attached hydrogen (secondary N) is 1. The second kappa shape index (κ2) is 35.6. The van der Waals surface area contributed by atoms with Crippen molar-refractivity contribution in [1.82, 2.24) is 15.1 Å². The molecular formula is C81H89N6O24S3+. The summed E-state index contributed by atoms with van der Waals surface area (Å²) in [5.74, 6) is -4.91. The van der Waals surface area contributed by atoms with Crippen LogP contribution in [0.3, 0.4) is 0 Å². The van der Waals surface area contributed by atoms with E-state index in [-0.39, 0.29) is 74.6 Å². The van der Waals surface area contributed by atoms with E-state index in [1.807, 2.05) is 65.3 Å². The smallest absolute Gasteiger partial charge is 0.493 e. The number of rotatable bonds is 31. The van der Waals surface area contributed by atoms with Gasteiger partial charge < -0.3 is 84.8 Å². The average molecular weight is 1630 g/mol. The highest BCUT2D eigenvalue weighted by atomic mass is 32.3. The SMILES string of the molecule is COc1cc2c(cc1OCc1cc(COc3cc4c(cc3OC)C(=O)N3Cc5ccsc5C[C@H]3C=N4)cc(C[N+](C)(C)Cc3ccc(OS(=O)(=O)Oc4cc(C(=O)NCCOCCCC(=O)OC(C)(C)C)ccc4OC4O[C@H](COC(C)=O)[C@H](OC(C)=O)[C@H](OC(C)=O)[C@H]4OC(C)=O)cc3)c1)N=C[C@@H]1Cc3sccc3CN1C2=O. The van der Waals surface area contributed by atoms with Crippen molar-refractivity contribution in [2.24, 2.45) is 9.98 Å². The van der Waals surface area contributed by atoms with Gasteiger partial charge in [0.1, 0.15) is 50.4 Å². The van der Waals surface area contributed by atoms with Crippen LogP contribution in [0, 0.1) is 0 Å². The molecule has 33 heteroatoms. The lowest BCUT2D eigenvalue weighted by molar-refractivity contribution is -0.916. The third-order valence-electron chi connectivity index (χ3n) is 18.7. The Morgan fingerprint density at radius 3 is 1.69 bits per heavy atom. The van der Waals surface area contributed by atoms with E-state index in [1.165, 1.54) is 42.2 Å². The Labute approximate surface area is 666 Å². The number of amides is 3. The molecule has 604 valence electrons. The third-order valence-corrected chi connectivity index (χ3v) is 21.5. The minimum absolute atomic E-state index is 0.0229. The minimum atomic E-state index is -5.19. The third kappa shape index (κ3) is 20.9. The Bertz CT molecular complexity index is 4810. The summed E-state index contributed by atoms with van der Waals surface area (Å²) in [6.07, 6.45) is -2.92. The number of thiophene rings is 2. The number of quaternary nitrogens is 1. The predicted molar refractivity (Wildman–Crippen MR) is 414 cm³/mol. The van der Waals surface area contributed by atoms with E-state index in [1.54, 1.807) is 79.8 Å². The topological polar surface area (TPSA) is 343 Å². The molecule has 1 N–H and O–H groups in total. The van der Waals surface area contributed by atoms with Crippen molar-refractivity contribution in [1.29, 1.82) is 0 Å². The van der Waals surface area contributed by atoms with Crippen LogP contribution in [-0.4, -0.2) is 186 Å². The van der Waals surface area contributed by atoms with Crippen molar-refractivity contribution in [3.05, 3.63) is 168 Å². The number of hydrogen-bond donors (Lipinski definition) is 1. The summed E-state index contributed by atoms with van der Waals surface area (Å²) in [5.41, 5.74) is 6.25. The Balaban J connectivity index is 0.777. The number of methoxy groups -OCH3 is 2. The van der Waals surface area contributed by atoms with Crippen molar-refractivity contribution in [2.75, 3.05) is 54.7 Å². The van der Waals surface area contributed by atoms with Gasteiger partial charge in [-0.25, -0.2) is 0 Å². The first-order valence-electron chi connectivity index (χ1n) is 36.7. The van der Waals surface area contributed by atoms with E-state index in [9.17, 15) is 46.8 Å². The molecule has 0 radical (unpaired) electrons. The van der Waals surface area contributed by atoms with Crippen LogP contribution in [0.5, 0.6) is 40.2 Å². The van der Waals surface area contributed by atoms with Crippen molar-refractivity contribution in [2.45, 2.75) is 162 Å². The van der Waals surface area contributed by atoms with Crippen LogP contribution in [0.4, 0.5) is 11.4 Å². The maximum Gasteiger partial charge on any atom is 0.501 e. The van der Waals surface area contributed by atoms with Gasteiger partial charge in [-0.15, -0.1) is 31.1 Å². The molecular weight excluding hydrogens is 1540 g/mol. The molecule has 12 rings (SSSR count). The molecule has 5 aromatic carbocycles. The van der Waals surface area contributed by atoms with Crippen molar-refractivity contribution >= 4 is 104 Å². The van der Waals surface area contributed by atoms with Gasteiger partial charge in [0.15, 0.2) is 46.7 Å². The second-order valence-electron chi connectivity index (χ2n) is 29.4. The van der Waals surface area contributed by atoms with Crippen LogP contribution in [0.2, 0.25) is 0 Å². The summed E-state index contributed by atoms with van der Waals surface area (Å²) in [4.78, 5) is 120. The number of nitrogens with zero attached hydrogens (tertiary/aromatic N) is 5. The Morgan fingerprint density at radius 1 is 0.605 bits per heavy atom. The molecule has 0 bridgehead atoms. The fourth-order valence-corrected chi connectivity index (χ4v) is 16.5. The molecule has 2 aromatic heterocycles. The van der Waals surface area contributed by atoms with E-state index >= 15 is 0 Å². The molecule has 1 fully saturated rings. The van der Waals surface area contributed by atoms with Gasteiger partial charge in [0.2, 0.25) is 12.4 Å². The van der Waals surface area contributed by atoms with Gasteiger partial charge in [-0.05, 0) is 145 Å². The molecule has 5 aliphatic heterocycles. The molecule has 0 saturated carbocycles. The zero-order valence-corrected chi connectivity index (χ0v) is 67.2. The van der Waals surface area contributed by atoms with E-state index < -0.39 is 101 Å². The Hall–Kier alpha value is -11.0. The van der Waals surface area contributed by atoms with Crippen LogP contribution in [0.1, 0.15) is 136 Å². The fraction of sp³-hybridized carbons (Fsp3) is 0.407. The lowest BCUT2D eigenvalue weighted by Gasteiger charge is -2.43. The average Bonchev–Trinajstić information content (AvgIpc) is 1.51. The molecule has 7 heterocycles. The van der Waals surface area contributed by atoms with Gasteiger partial charge in [-0.1, -0.05) is 0 Å². The lowest BCUT2D eigenvalue weighted by atomic mass is 9.98. The molecule has 1 unspecified atom stereocenters. The van der Waals surface area contributed by atoms with Gasteiger partial charge in [0.05, 0.1) is 69.5 Å². The number of aliphatic imine (C=N–C) groups is 2. The van der Waals surface area contributed by atoms with Crippen LogP contribution < -0.4 is 37.4 Å². The largest absolute Gasteiger partial charge is 0.501 e. The molecule has 30 nitrogen and oxygen atoms in total. The van der Waals surface area contributed by atoms with Gasteiger partial charge >= 0.3 is 40.2 Å². The highest BCUT2D eigenvalue weighted by molar-refractivity contribution is 7.82. The highest BCUT2D eigenvalue weighted by Gasteiger charge is 2.54. The second-order valence-corrected chi connectivity index (χ2v) is 32.5. The minimum Gasteiger partial charge on any atom is -0.493 e. The van der Waals surface area contributed by atoms with Crippen molar-refractivity contribution in [3.63, 3.8) is 0 Å². The summed E-state index contributed by atoms with van der Waals surface area (Å²) in [7, 11) is 1.87. The number of ether oxygens (including phenoxy) is 12. The summed E-state index contributed by atoms with van der Waals surface area (Å²) in [5, 5.41) is 6.76. The van der Waals surface area contributed by atoms with E-state index in [2.05, 4.69) is 17.4 Å². The van der Waals surface area contributed by atoms with E-state index in [0.717, 1.165) is 73.2 Å². The molecule has 114 heavy (non-hydrogen) atoms. The summed E-state index contributed by atoms with van der Waals surface area (Å²) >= 11 is 3.34. The predicted octanol–water partition coefficient (Wildman–Crippen LogP) is 10.4. The Morgan fingerprint density at radius 2 is 1.15 bits per heavy atom. The molecule has 7 atom stereocenters. The number of benzene rings is 5. The summed E-state index contributed by atoms with van der Waals surface area (Å²) < 4.78 is 110. The van der Waals surface area contributed by atoms with Crippen molar-refractivity contribution in [3.8, 4) is 40.2 Å². The number of esters is 5. The molecule has 5 aliphatic rings. The molecule has 7 aromatic rings. The normalized spacial score (nSPS) is 18.8. The molecule has 3 amide bonds. The fourth-order valence-electron chi connectivity index (χ4n) is 13.9. The molecule has 0 aliphatic carbocycles. The van der Waals surface area contributed by atoms with Crippen LogP contribution in [0.15, 0.2) is 118 Å². The molecule has 1 saturated heterocycles. The Kier molecular flexibility index (Phi) is 25.8.